The minimum atomic E-state index is -0.890. The van der Waals surface area contributed by atoms with E-state index in [0.717, 1.165) is 12.1 Å². The molecule has 0 aromatic heterocycles. The molecule has 92 valence electrons. The van der Waals surface area contributed by atoms with Crippen LogP contribution in [0.2, 0.25) is 5.02 Å². The van der Waals surface area contributed by atoms with Crippen LogP contribution in [0.1, 0.15) is 15.9 Å². The van der Waals surface area contributed by atoms with E-state index in [4.69, 9.17) is 11.6 Å². The van der Waals surface area contributed by atoms with E-state index in [9.17, 15) is 13.6 Å². The largest absolute Gasteiger partial charge is 0.288 e. The van der Waals surface area contributed by atoms with Gasteiger partial charge in [0.2, 0.25) is 0 Å². The lowest BCUT2D eigenvalue weighted by molar-refractivity contribution is 0.103. The highest BCUT2D eigenvalue weighted by atomic mass is 79.9. The maximum Gasteiger partial charge on any atom is 0.198 e. The maximum absolute atomic E-state index is 13.5. The maximum atomic E-state index is 13.5. The van der Waals surface area contributed by atoms with Crippen molar-refractivity contribution in [1.29, 1.82) is 0 Å². The van der Waals surface area contributed by atoms with E-state index in [1.165, 1.54) is 18.2 Å². The molecule has 0 radical (unpaired) electrons. The van der Waals surface area contributed by atoms with Crippen LogP contribution in [0.3, 0.4) is 0 Å². The second-order valence-corrected chi connectivity index (χ2v) is 4.82. The average molecular weight is 332 g/mol. The molecule has 2 aromatic rings. The predicted molar refractivity (Wildman–Crippen MR) is 68.9 cm³/mol. The van der Waals surface area contributed by atoms with E-state index in [1.807, 2.05) is 0 Å². The molecule has 0 aliphatic carbocycles. The number of benzene rings is 2. The Hall–Kier alpha value is -1.26. The van der Waals surface area contributed by atoms with Gasteiger partial charge in [-0.3, -0.25) is 4.79 Å². The summed E-state index contributed by atoms with van der Waals surface area (Å²) in [5.74, 6) is -2.52. The van der Waals surface area contributed by atoms with Crippen molar-refractivity contribution in [2.24, 2.45) is 0 Å². The fraction of sp³-hybridized carbons (Fsp3) is 0. The Bertz CT molecular complexity index is 608. The summed E-state index contributed by atoms with van der Waals surface area (Å²) in [4.78, 5) is 12.0. The molecule has 0 heterocycles. The number of hydrogen-bond donors (Lipinski definition) is 0. The van der Waals surface area contributed by atoms with Gasteiger partial charge >= 0.3 is 0 Å². The smallest absolute Gasteiger partial charge is 0.198 e. The van der Waals surface area contributed by atoms with Gasteiger partial charge in [-0.05, 0) is 46.3 Å². The van der Waals surface area contributed by atoms with Crippen LogP contribution in [0, 0.1) is 11.6 Å². The highest BCUT2D eigenvalue weighted by Crippen LogP contribution is 2.25. The SMILES string of the molecule is O=C(c1ccc(Br)c(Cl)c1)c1c(F)cccc1F. The quantitative estimate of drug-likeness (QED) is 0.734. The molecule has 0 bridgehead atoms. The van der Waals surface area contributed by atoms with Gasteiger partial charge in [-0.25, -0.2) is 8.78 Å². The van der Waals surface area contributed by atoms with Crippen molar-refractivity contribution in [1.82, 2.24) is 0 Å². The van der Waals surface area contributed by atoms with E-state index in [0.29, 0.717) is 9.50 Å². The first-order chi connectivity index (χ1) is 8.50. The molecular weight excluding hydrogens is 325 g/mol. The van der Waals surface area contributed by atoms with Crippen LogP contribution in [0.25, 0.3) is 0 Å². The lowest BCUT2D eigenvalue weighted by Gasteiger charge is -2.05. The zero-order valence-electron chi connectivity index (χ0n) is 8.88. The lowest BCUT2D eigenvalue weighted by Crippen LogP contribution is -2.07. The molecule has 0 unspecified atom stereocenters. The Morgan fingerprint density at radius 1 is 1.11 bits per heavy atom. The first kappa shape index (κ1) is 13.2. The number of ketones is 1. The summed E-state index contributed by atoms with van der Waals surface area (Å²) in [5.41, 5.74) is -0.442. The average Bonchev–Trinajstić information content (AvgIpc) is 2.32. The van der Waals surface area contributed by atoms with Gasteiger partial charge < -0.3 is 0 Å². The molecule has 0 fully saturated rings. The van der Waals surface area contributed by atoms with E-state index < -0.39 is 23.0 Å². The molecule has 0 aliphatic heterocycles. The number of carbonyl (C=O) groups is 1. The molecule has 0 spiro atoms. The van der Waals surface area contributed by atoms with Crippen molar-refractivity contribution in [3.05, 3.63) is 68.7 Å². The van der Waals surface area contributed by atoms with E-state index in [-0.39, 0.29) is 5.56 Å². The van der Waals surface area contributed by atoms with Crippen molar-refractivity contribution in [3.8, 4) is 0 Å². The molecule has 0 saturated heterocycles. The zero-order valence-corrected chi connectivity index (χ0v) is 11.2. The van der Waals surface area contributed by atoms with Crippen LogP contribution in [0.4, 0.5) is 8.78 Å². The van der Waals surface area contributed by atoms with Crippen molar-refractivity contribution in [2.75, 3.05) is 0 Å². The van der Waals surface area contributed by atoms with Crippen molar-refractivity contribution >= 4 is 33.3 Å². The molecular formula is C13H6BrClF2O. The molecule has 1 nitrogen and oxygen atoms in total. The minimum Gasteiger partial charge on any atom is -0.288 e. The van der Waals surface area contributed by atoms with E-state index in [2.05, 4.69) is 15.9 Å². The van der Waals surface area contributed by atoms with E-state index in [1.54, 1.807) is 6.07 Å². The van der Waals surface area contributed by atoms with Gasteiger partial charge in [0.15, 0.2) is 5.78 Å². The Kier molecular flexibility index (Phi) is 3.78. The van der Waals surface area contributed by atoms with Gasteiger partial charge in [0.25, 0.3) is 0 Å². The van der Waals surface area contributed by atoms with Gasteiger partial charge in [-0.15, -0.1) is 0 Å². The van der Waals surface area contributed by atoms with Crippen LogP contribution in [0.5, 0.6) is 0 Å². The second kappa shape index (κ2) is 5.16. The number of halogens is 4. The van der Waals surface area contributed by atoms with E-state index >= 15 is 0 Å². The predicted octanol–water partition coefficient (Wildman–Crippen LogP) is 4.61. The highest BCUT2D eigenvalue weighted by molar-refractivity contribution is 9.10. The number of hydrogen-bond acceptors (Lipinski definition) is 1. The Labute approximate surface area is 116 Å². The molecule has 2 rings (SSSR count). The molecule has 0 amide bonds. The van der Waals surface area contributed by atoms with Gasteiger partial charge in [0.05, 0.1) is 10.6 Å². The summed E-state index contributed by atoms with van der Waals surface area (Å²) >= 11 is 9.01. The molecule has 0 N–H and O–H groups in total. The third-order valence-electron chi connectivity index (χ3n) is 2.37. The molecule has 2 aromatic carbocycles. The fourth-order valence-electron chi connectivity index (χ4n) is 1.50. The number of carbonyl (C=O) groups excluding carboxylic acids is 1. The second-order valence-electron chi connectivity index (χ2n) is 3.55. The lowest BCUT2D eigenvalue weighted by atomic mass is 10.0. The first-order valence-corrected chi connectivity index (χ1v) is 6.11. The molecule has 0 aliphatic rings. The zero-order chi connectivity index (χ0) is 13.3. The topological polar surface area (TPSA) is 17.1 Å². The van der Waals surface area contributed by atoms with Crippen molar-refractivity contribution in [2.45, 2.75) is 0 Å². The summed E-state index contributed by atoms with van der Waals surface area (Å²) in [6, 6.07) is 7.64. The standard InChI is InChI=1S/C13H6BrClF2O/c14-8-5-4-7(6-9(8)15)13(18)12-10(16)2-1-3-11(12)17/h1-6H. The monoisotopic (exact) mass is 330 g/mol. The van der Waals surface area contributed by atoms with Crippen LogP contribution >= 0.6 is 27.5 Å². The third kappa shape index (κ3) is 2.44. The van der Waals surface area contributed by atoms with Gasteiger partial charge in [0, 0.05) is 10.0 Å². The van der Waals surface area contributed by atoms with Crippen LogP contribution in [-0.4, -0.2) is 5.78 Å². The molecule has 18 heavy (non-hydrogen) atoms. The minimum absolute atomic E-state index is 0.132. The number of rotatable bonds is 2. The Balaban J connectivity index is 2.51. The highest BCUT2D eigenvalue weighted by Gasteiger charge is 2.19. The summed E-state index contributed by atoms with van der Waals surface area (Å²) in [7, 11) is 0. The molecule has 0 saturated carbocycles. The Morgan fingerprint density at radius 3 is 2.28 bits per heavy atom. The third-order valence-corrected chi connectivity index (χ3v) is 3.60. The van der Waals surface area contributed by atoms with Crippen molar-refractivity contribution in [3.63, 3.8) is 0 Å². The summed E-state index contributed by atoms with van der Waals surface area (Å²) in [6.07, 6.45) is 0. The van der Waals surface area contributed by atoms with Crippen LogP contribution in [0.15, 0.2) is 40.9 Å². The molecule has 0 atom stereocenters. The summed E-state index contributed by atoms with van der Waals surface area (Å²) in [6.45, 7) is 0. The van der Waals surface area contributed by atoms with Gasteiger partial charge in [-0.1, -0.05) is 17.7 Å². The van der Waals surface area contributed by atoms with Gasteiger partial charge in [-0.2, -0.15) is 0 Å². The van der Waals surface area contributed by atoms with Crippen LogP contribution < -0.4 is 0 Å². The fourth-order valence-corrected chi connectivity index (χ4v) is 1.92. The summed E-state index contributed by atoms with van der Waals surface area (Å²) < 4.78 is 27.5. The molecule has 5 heteroatoms. The van der Waals surface area contributed by atoms with Crippen molar-refractivity contribution < 1.29 is 13.6 Å². The summed E-state index contributed by atoms with van der Waals surface area (Å²) in [5, 5.41) is 0.303. The van der Waals surface area contributed by atoms with Gasteiger partial charge in [0.1, 0.15) is 11.6 Å². The first-order valence-electron chi connectivity index (χ1n) is 4.94. The van der Waals surface area contributed by atoms with Crippen LogP contribution in [-0.2, 0) is 0 Å². The normalized spacial score (nSPS) is 10.4. The Morgan fingerprint density at radius 2 is 1.72 bits per heavy atom.